The minimum absolute atomic E-state index is 0.145. The highest BCUT2D eigenvalue weighted by atomic mass is 15.3. The number of unbranched alkanes of at least 4 members (excludes halogenated alkanes) is 1. The molecule has 0 saturated carbocycles. The monoisotopic (exact) mass is 221 g/mol. The predicted octanol–water partition coefficient (Wildman–Crippen LogP) is 1.93. The maximum Gasteiger partial charge on any atom is 0.0977 e. The summed E-state index contributed by atoms with van der Waals surface area (Å²) in [7, 11) is 0. The number of hydrogen-bond donors (Lipinski definition) is 2. The summed E-state index contributed by atoms with van der Waals surface area (Å²) in [4.78, 5) is 2.36. The Morgan fingerprint density at radius 2 is 2.25 bits per heavy atom. The Balaban J connectivity index is 2.13. The minimum atomic E-state index is 0.145. The second-order valence-corrected chi connectivity index (χ2v) is 5.42. The van der Waals surface area contributed by atoms with Crippen LogP contribution in [-0.4, -0.2) is 22.5 Å². The Bertz CT molecular complexity index is 317. The Morgan fingerprint density at radius 1 is 1.50 bits per heavy atom. The molecule has 2 unspecified atom stereocenters. The third-order valence-electron chi connectivity index (χ3n) is 3.67. The highest BCUT2D eigenvalue weighted by Crippen LogP contribution is 2.34. The van der Waals surface area contributed by atoms with Crippen molar-refractivity contribution >= 4 is 0 Å². The van der Waals surface area contributed by atoms with Gasteiger partial charge in [-0.1, -0.05) is 19.8 Å². The van der Waals surface area contributed by atoms with Crippen molar-refractivity contribution in [3.63, 3.8) is 0 Å². The lowest BCUT2D eigenvalue weighted by Gasteiger charge is -2.41. The largest absolute Gasteiger partial charge is 0.386 e. The van der Waals surface area contributed by atoms with Crippen LogP contribution in [0.4, 0.5) is 0 Å². The van der Waals surface area contributed by atoms with Gasteiger partial charge in [0.25, 0.3) is 0 Å². The summed E-state index contributed by atoms with van der Waals surface area (Å²) in [6.45, 7) is 6.81. The second kappa shape index (κ2) is 4.04. The molecule has 3 heteroatoms. The van der Waals surface area contributed by atoms with Gasteiger partial charge < -0.3 is 16.0 Å². The molecule has 0 bridgehead atoms. The van der Waals surface area contributed by atoms with Crippen LogP contribution < -0.4 is 11.1 Å². The van der Waals surface area contributed by atoms with Crippen LogP contribution in [0.15, 0.2) is 24.2 Å². The van der Waals surface area contributed by atoms with Gasteiger partial charge in [-0.25, -0.2) is 0 Å². The molecule has 0 saturated heterocycles. The van der Waals surface area contributed by atoms with Gasteiger partial charge in [0.1, 0.15) is 0 Å². The van der Waals surface area contributed by atoms with Gasteiger partial charge in [0.2, 0.25) is 0 Å². The predicted molar refractivity (Wildman–Crippen MR) is 67.6 cm³/mol. The molecular weight excluding hydrogens is 198 g/mol. The second-order valence-electron chi connectivity index (χ2n) is 5.42. The number of rotatable bonds is 4. The summed E-state index contributed by atoms with van der Waals surface area (Å²) in [5.41, 5.74) is 6.29. The SMILES string of the molecule is CCCCC(C)(C)N1C(N)=CC2NC=CC21. The van der Waals surface area contributed by atoms with Gasteiger partial charge in [-0.2, -0.15) is 0 Å². The van der Waals surface area contributed by atoms with Gasteiger partial charge in [0.15, 0.2) is 0 Å². The summed E-state index contributed by atoms with van der Waals surface area (Å²) < 4.78 is 0. The van der Waals surface area contributed by atoms with Crippen LogP contribution in [0.5, 0.6) is 0 Å². The summed E-state index contributed by atoms with van der Waals surface area (Å²) in [5, 5.41) is 3.33. The van der Waals surface area contributed by atoms with Gasteiger partial charge in [-0.15, -0.1) is 0 Å². The average molecular weight is 221 g/mol. The first-order valence-corrected chi connectivity index (χ1v) is 6.25. The van der Waals surface area contributed by atoms with Crippen molar-refractivity contribution < 1.29 is 0 Å². The smallest absolute Gasteiger partial charge is 0.0977 e. The fraction of sp³-hybridized carbons (Fsp3) is 0.692. The molecule has 90 valence electrons. The zero-order chi connectivity index (χ0) is 11.8. The summed E-state index contributed by atoms with van der Waals surface area (Å²) in [5.74, 6) is 0.924. The lowest BCUT2D eigenvalue weighted by molar-refractivity contribution is 0.130. The molecule has 16 heavy (non-hydrogen) atoms. The number of hydrogen-bond acceptors (Lipinski definition) is 3. The Hall–Kier alpha value is -1.12. The van der Waals surface area contributed by atoms with E-state index < -0.39 is 0 Å². The minimum Gasteiger partial charge on any atom is -0.386 e. The molecule has 2 heterocycles. The molecule has 0 fully saturated rings. The highest BCUT2D eigenvalue weighted by Gasteiger charge is 2.41. The highest BCUT2D eigenvalue weighted by molar-refractivity contribution is 5.27. The van der Waals surface area contributed by atoms with Crippen molar-refractivity contribution in [2.45, 2.75) is 57.7 Å². The first-order valence-electron chi connectivity index (χ1n) is 6.25. The summed E-state index contributed by atoms with van der Waals surface area (Å²) in [6, 6.07) is 0.785. The Kier molecular flexibility index (Phi) is 2.87. The lowest BCUT2D eigenvalue weighted by atomic mass is 9.93. The van der Waals surface area contributed by atoms with Crippen molar-refractivity contribution in [2.75, 3.05) is 0 Å². The van der Waals surface area contributed by atoms with Crippen LogP contribution in [0.2, 0.25) is 0 Å². The van der Waals surface area contributed by atoms with Crippen LogP contribution >= 0.6 is 0 Å². The van der Waals surface area contributed by atoms with Crippen molar-refractivity contribution in [1.29, 1.82) is 0 Å². The number of nitrogens with zero attached hydrogens (tertiary/aromatic N) is 1. The zero-order valence-corrected chi connectivity index (χ0v) is 10.5. The molecule has 0 spiro atoms. The van der Waals surface area contributed by atoms with E-state index >= 15 is 0 Å². The zero-order valence-electron chi connectivity index (χ0n) is 10.5. The lowest BCUT2D eigenvalue weighted by Crippen LogP contribution is -2.50. The van der Waals surface area contributed by atoms with E-state index in [4.69, 9.17) is 5.73 Å². The fourth-order valence-corrected chi connectivity index (χ4v) is 2.80. The van der Waals surface area contributed by atoms with Gasteiger partial charge in [-0.05, 0) is 38.6 Å². The Labute approximate surface area is 98.4 Å². The normalized spacial score (nSPS) is 27.9. The first kappa shape index (κ1) is 11.4. The quantitative estimate of drug-likeness (QED) is 0.762. The van der Waals surface area contributed by atoms with Gasteiger partial charge in [0.05, 0.1) is 17.9 Å². The van der Waals surface area contributed by atoms with E-state index in [0.717, 1.165) is 5.82 Å². The van der Waals surface area contributed by atoms with E-state index in [9.17, 15) is 0 Å². The molecule has 0 radical (unpaired) electrons. The number of nitrogens with two attached hydrogens (primary N) is 1. The maximum absolute atomic E-state index is 6.14. The third kappa shape index (κ3) is 1.79. The molecule has 2 atom stereocenters. The molecular formula is C13H23N3. The van der Waals surface area contributed by atoms with E-state index in [2.05, 4.69) is 43.1 Å². The summed E-state index contributed by atoms with van der Waals surface area (Å²) >= 11 is 0. The van der Waals surface area contributed by atoms with E-state index in [-0.39, 0.29) is 5.54 Å². The van der Waals surface area contributed by atoms with Crippen LogP contribution in [0, 0.1) is 0 Å². The van der Waals surface area contributed by atoms with Crippen molar-refractivity contribution in [3.05, 3.63) is 24.2 Å². The van der Waals surface area contributed by atoms with E-state index in [1.165, 1.54) is 19.3 Å². The van der Waals surface area contributed by atoms with Crippen molar-refractivity contribution in [3.8, 4) is 0 Å². The molecule has 0 aromatic carbocycles. The third-order valence-corrected chi connectivity index (χ3v) is 3.67. The van der Waals surface area contributed by atoms with E-state index in [1.807, 2.05) is 6.20 Å². The maximum atomic E-state index is 6.14. The molecule has 0 aliphatic carbocycles. The van der Waals surface area contributed by atoms with Crippen molar-refractivity contribution in [1.82, 2.24) is 10.2 Å². The molecule has 0 aromatic rings. The topological polar surface area (TPSA) is 41.3 Å². The molecule has 2 rings (SSSR count). The van der Waals surface area contributed by atoms with Gasteiger partial charge in [-0.3, -0.25) is 0 Å². The average Bonchev–Trinajstić information content (AvgIpc) is 2.73. The van der Waals surface area contributed by atoms with Crippen LogP contribution in [-0.2, 0) is 0 Å². The van der Waals surface area contributed by atoms with Gasteiger partial charge >= 0.3 is 0 Å². The molecule has 0 aromatic heterocycles. The fourth-order valence-electron chi connectivity index (χ4n) is 2.80. The summed E-state index contributed by atoms with van der Waals surface area (Å²) in [6.07, 6.45) is 10.1. The van der Waals surface area contributed by atoms with Crippen molar-refractivity contribution in [2.24, 2.45) is 5.73 Å². The standard InChI is InChI=1S/C13H23N3/c1-4-5-7-13(2,3)16-11-6-8-15-10(11)9-12(16)14/h6,8-11,15H,4-5,7,14H2,1-3H3. The first-order chi connectivity index (χ1) is 7.56. The number of fused-ring (bicyclic) bond motifs is 1. The van der Waals surface area contributed by atoms with Gasteiger partial charge in [0, 0.05) is 5.54 Å². The number of nitrogens with one attached hydrogen (secondary N) is 1. The molecule has 2 aliphatic rings. The van der Waals surface area contributed by atoms with Crippen LogP contribution in [0.25, 0.3) is 0 Å². The van der Waals surface area contributed by atoms with Crippen LogP contribution in [0.1, 0.15) is 40.0 Å². The van der Waals surface area contributed by atoms with E-state index in [0.29, 0.717) is 12.1 Å². The molecule has 3 nitrogen and oxygen atoms in total. The van der Waals surface area contributed by atoms with E-state index in [1.54, 1.807) is 0 Å². The molecule has 3 N–H and O–H groups in total. The molecule has 2 aliphatic heterocycles. The van der Waals surface area contributed by atoms with Crippen LogP contribution in [0.3, 0.4) is 0 Å². The molecule has 0 amide bonds. The Morgan fingerprint density at radius 3 is 2.94 bits per heavy atom.